The molecule has 0 aliphatic heterocycles. The summed E-state index contributed by atoms with van der Waals surface area (Å²) in [5.41, 5.74) is 0.243. The van der Waals surface area contributed by atoms with Gasteiger partial charge in [0.15, 0.2) is 11.6 Å². The Kier molecular flexibility index (Phi) is 0.914. The van der Waals surface area contributed by atoms with E-state index < -0.39 is 0 Å². The van der Waals surface area contributed by atoms with Crippen LogP contribution in [0.4, 0.5) is 0 Å². The summed E-state index contributed by atoms with van der Waals surface area (Å²) < 4.78 is 0. The largest absolute Gasteiger partial charge is 0.294 e. The van der Waals surface area contributed by atoms with E-state index in [9.17, 15) is 9.59 Å². The van der Waals surface area contributed by atoms with Crippen molar-refractivity contribution in [2.45, 2.75) is 12.8 Å². The standard InChI is InChI=1S/C8H8O2/c1-4-7(9)5-2-3-6(5)8(4)10/h5-6H,1-3H2. The van der Waals surface area contributed by atoms with Crippen LogP contribution in [-0.4, -0.2) is 11.6 Å². The zero-order chi connectivity index (χ0) is 7.30. The van der Waals surface area contributed by atoms with Crippen molar-refractivity contribution in [3.05, 3.63) is 12.2 Å². The topological polar surface area (TPSA) is 34.1 Å². The molecule has 2 aliphatic carbocycles. The normalized spacial score (nSPS) is 37.8. The van der Waals surface area contributed by atoms with E-state index in [1.54, 1.807) is 0 Å². The number of hydrogen-bond donors (Lipinski definition) is 0. The molecule has 2 atom stereocenters. The fraction of sp³-hybridized carbons (Fsp3) is 0.500. The van der Waals surface area contributed by atoms with E-state index in [0.717, 1.165) is 12.8 Å². The lowest BCUT2D eigenvalue weighted by molar-refractivity contribution is -0.123. The Hall–Kier alpha value is -0.920. The first-order chi connectivity index (χ1) is 4.72. The van der Waals surface area contributed by atoms with Crippen LogP contribution in [0.2, 0.25) is 0 Å². The molecule has 0 radical (unpaired) electrons. The van der Waals surface area contributed by atoms with Crippen molar-refractivity contribution in [1.29, 1.82) is 0 Å². The van der Waals surface area contributed by atoms with Crippen LogP contribution in [0, 0.1) is 11.8 Å². The summed E-state index contributed by atoms with van der Waals surface area (Å²) in [4.78, 5) is 22.1. The Morgan fingerprint density at radius 3 is 1.70 bits per heavy atom. The first-order valence-corrected chi connectivity index (χ1v) is 3.49. The third-order valence-corrected chi connectivity index (χ3v) is 2.54. The van der Waals surface area contributed by atoms with Crippen LogP contribution >= 0.6 is 0 Å². The van der Waals surface area contributed by atoms with Crippen molar-refractivity contribution in [1.82, 2.24) is 0 Å². The SMILES string of the molecule is C=C1C(=O)C2CCC2C1=O. The molecule has 0 amide bonds. The molecular formula is C8H8O2. The monoisotopic (exact) mass is 136 g/mol. The molecule has 0 spiro atoms. The van der Waals surface area contributed by atoms with E-state index in [-0.39, 0.29) is 29.0 Å². The number of fused-ring (bicyclic) bond motifs is 1. The summed E-state index contributed by atoms with van der Waals surface area (Å²) in [5, 5.41) is 0. The minimum atomic E-state index is 0.00116. The number of allylic oxidation sites excluding steroid dienone is 1. The molecule has 2 nitrogen and oxygen atoms in total. The zero-order valence-corrected chi connectivity index (χ0v) is 5.59. The summed E-state index contributed by atoms with van der Waals surface area (Å²) in [5.74, 6) is 0.0579. The highest BCUT2D eigenvalue weighted by Gasteiger charge is 2.49. The Balaban J connectivity index is 2.39. The van der Waals surface area contributed by atoms with Crippen LogP contribution in [-0.2, 0) is 9.59 Å². The van der Waals surface area contributed by atoms with Crippen molar-refractivity contribution in [2.75, 3.05) is 0 Å². The molecular weight excluding hydrogens is 128 g/mol. The molecule has 0 aromatic heterocycles. The smallest absolute Gasteiger partial charge is 0.169 e. The van der Waals surface area contributed by atoms with Gasteiger partial charge in [0.1, 0.15) is 0 Å². The van der Waals surface area contributed by atoms with Crippen LogP contribution in [0.3, 0.4) is 0 Å². The maximum Gasteiger partial charge on any atom is 0.169 e. The molecule has 0 heterocycles. The van der Waals surface area contributed by atoms with Crippen LogP contribution in [0.25, 0.3) is 0 Å². The van der Waals surface area contributed by atoms with E-state index in [2.05, 4.69) is 6.58 Å². The third kappa shape index (κ3) is 0.451. The van der Waals surface area contributed by atoms with Gasteiger partial charge >= 0.3 is 0 Å². The average molecular weight is 136 g/mol. The highest BCUT2D eigenvalue weighted by molar-refractivity contribution is 6.27. The van der Waals surface area contributed by atoms with Gasteiger partial charge in [-0.05, 0) is 12.8 Å². The van der Waals surface area contributed by atoms with Gasteiger partial charge in [-0.2, -0.15) is 0 Å². The molecule has 2 heteroatoms. The third-order valence-electron chi connectivity index (χ3n) is 2.54. The first kappa shape index (κ1) is 5.83. The van der Waals surface area contributed by atoms with Gasteiger partial charge in [-0.3, -0.25) is 9.59 Å². The van der Waals surface area contributed by atoms with Crippen molar-refractivity contribution >= 4 is 11.6 Å². The molecule has 0 saturated heterocycles. The average Bonchev–Trinajstić information content (AvgIpc) is 1.92. The molecule has 10 heavy (non-hydrogen) atoms. The predicted molar refractivity (Wildman–Crippen MR) is 35.4 cm³/mol. The van der Waals surface area contributed by atoms with Gasteiger partial charge in [0.25, 0.3) is 0 Å². The van der Waals surface area contributed by atoms with E-state index >= 15 is 0 Å². The van der Waals surface area contributed by atoms with Crippen LogP contribution in [0.1, 0.15) is 12.8 Å². The second kappa shape index (κ2) is 1.57. The second-order valence-corrected chi connectivity index (χ2v) is 3.00. The van der Waals surface area contributed by atoms with E-state index in [1.807, 2.05) is 0 Å². The Bertz CT molecular complexity index is 216. The minimum Gasteiger partial charge on any atom is -0.294 e. The summed E-state index contributed by atoms with van der Waals surface area (Å²) >= 11 is 0. The van der Waals surface area contributed by atoms with Crippen LogP contribution < -0.4 is 0 Å². The molecule has 0 N–H and O–H groups in total. The summed E-state index contributed by atoms with van der Waals surface area (Å²) in [6, 6.07) is 0. The van der Waals surface area contributed by atoms with E-state index in [0.29, 0.717) is 0 Å². The van der Waals surface area contributed by atoms with Crippen LogP contribution in [0.15, 0.2) is 12.2 Å². The fourth-order valence-electron chi connectivity index (χ4n) is 1.70. The zero-order valence-electron chi connectivity index (χ0n) is 5.59. The number of rotatable bonds is 0. The lowest BCUT2D eigenvalue weighted by atomic mass is 9.76. The van der Waals surface area contributed by atoms with Gasteiger partial charge in [-0.25, -0.2) is 0 Å². The predicted octanol–water partition coefficient (Wildman–Crippen LogP) is 0.721. The Morgan fingerprint density at radius 2 is 1.50 bits per heavy atom. The number of hydrogen-bond acceptors (Lipinski definition) is 2. The molecule has 2 unspecified atom stereocenters. The second-order valence-electron chi connectivity index (χ2n) is 3.00. The quantitative estimate of drug-likeness (QED) is 0.363. The van der Waals surface area contributed by atoms with Gasteiger partial charge in [0, 0.05) is 11.8 Å². The van der Waals surface area contributed by atoms with Gasteiger partial charge < -0.3 is 0 Å². The summed E-state index contributed by atoms with van der Waals surface area (Å²) in [6.45, 7) is 3.46. The number of carbonyl (C=O) groups excluding carboxylic acids is 2. The van der Waals surface area contributed by atoms with Crippen molar-refractivity contribution in [2.24, 2.45) is 11.8 Å². The Labute approximate surface area is 58.9 Å². The molecule has 0 bridgehead atoms. The minimum absolute atomic E-state index is 0.00116. The lowest BCUT2D eigenvalue weighted by Crippen LogP contribution is -2.27. The summed E-state index contributed by atoms with van der Waals surface area (Å²) in [6.07, 6.45) is 1.79. The van der Waals surface area contributed by atoms with Crippen molar-refractivity contribution in [3.8, 4) is 0 Å². The van der Waals surface area contributed by atoms with E-state index in [4.69, 9.17) is 0 Å². The number of Topliss-reactive ketones (excluding diaryl/α,β-unsaturated/α-hetero) is 2. The lowest BCUT2D eigenvalue weighted by Gasteiger charge is -2.25. The molecule has 0 aromatic rings. The van der Waals surface area contributed by atoms with Gasteiger partial charge in [0.2, 0.25) is 0 Å². The van der Waals surface area contributed by atoms with Crippen molar-refractivity contribution in [3.63, 3.8) is 0 Å². The molecule has 2 saturated carbocycles. The maximum atomic E-state index is 11.1. The van der Waals surface area contributed by atoms with Gasteiger partial charge in [-0.15, -0.1) is 0 Å². The van der Waals surface area contributed by atoms with Crippen molar-refractivity contribution < 1.29 is 9.59 Å². The number of ketones is 2. The summed E-state index contributed by atoms with van der Waals surface area (Å²) in [7, 11) is 0. The van der Waals surface area contributed by atoms with E-state index in [1.165, 1.54) is 0 Å². The maximum absolute atomic E-state index is 11.1. The molecule has 0 aromatic carbocycles. The first-order valence-electron chi connectivity index (χ1n) is 3.49. The number of carbonyl (C=O) groups is 2. The highest BCUT2D eigenvalue weighted by Crippen LogP contribution is 2.43. The molecule has 2 rings (SSSR count). The molecule has 2 fully saturated rings. The highest BCUT2D eigenvalue weighted by atomic mass is 16.2. The molecule has 2 aliphatic rings. The molecule has 52 valence electrons. The Morgan fingerprint density at radius 1 is 1.10 bits per heavy atom. The van der Waals surface area contributed by atoms with Gasteiger partial charge in [0.05, 0.1) is 5.57 Å². The fourth-order valence-corrected chi connectivity index (χ4v) is 1.70. The van der Waals surface area contributed by atoms with Crippen LogP contribution in [0.5, 0.6) is 0 Å². The van der Waals surface area contributed by atoms with Gasteiger partial charge in [-0.1, -0.05) is 6.58 Å².